The van der Waals surface area contributed by atoms with E-state index in [0.717, 1.165) is 5.69 Å². The van der Waals surface area contributed by atoms with Gasteiger partial charge in [-0.15, -0.1) is 0 Å². The predicted molar refractivity (Wildman–Crippen MR) is 37.7 cm³/mol. The van der Waals surface area contributed by atoms with Gasteiger partial charge in [-0.2, -0.15) is 4.39 Å². The zero-order chi connectivity index (χ0) is 7.84. The predicted octanol–water partition coefficient (Wildman–Crippen LogP) is 1.18. The third kappa shape index (κ3) is 0.869. The molecule has 0 unspecified atom stereocenters. The zero-order valence-corrected chi connectivity index (χ0v) is 5.95. The molecule has 2 aromatic heterocycles. The first-order chi connectivity index (χ1) is 5.27. The van der Waals surface area contributed by atoms with Crippen molar-refractivity contribution in [3.05, 3.63) is 30.2 Å². The highest BCUT2D eigenvalue weighted by Crippen LogP contribution is 2.05. The second-order valence-corrected chi connectivity index (χ2v) is 2.33. The van der Waals surface area contributed by atoms with Crippen molar-refractivity contribution in [1.29, 1.82) is 0 Å². The number of hydrogen-bond acceptors (Lipinski definition) is 2. The van der Waals surface area contributed by atoms with Gasteiger partial charge in [0.2, 0.25) is 0 Å². The van der Waals surface area contributed by atoms with Gasteiger partial charge in [-0.3, -0.25) is 0 Å². The number of hydrogen-bond donors (Lipinski definition) is 0. The topological polar surface area (TPSA) is 30.2 Å². The molecule has 0 saturated heterocycles. The van der Waals surface area contributed by atoms with Crippen molar-refractivity contribution in [2.24, 2.45) is 0 Å². The quantitative estimate of drug-likeness (QED) is 0.565. The minimum absolute atomic E-state index is 0.282. The summed E-state index contributed by atoms with van der Waals surface area (Å²) < 4.78 is 14.4. The third-order valence-corrected chi connectivity index (χ3v) is 1.45. The first-order valence-electron chi connectivity index (χ1n) is 3.23. The van der Waals surface area contributed by atoms with Gasteiger partial charge in [-0.05, 0) is 6.92 Å². The van der Waals surface area contributed by atoms with E-state index in [4.69, 9.17) is 0 Å². The van der Waals surface area contributed by atoms with Crippen LogP contribution < -0.4 is 0 Å². The molecular weight excluding hydrogens is 145 g/mol. The molecule has 0 bridgehead atoms. The molecule has 3 nitrogen and oxygen atoms in total. The van der Waals surface area contributed by atoms with Crippen molar-refractivity contribution in [2.45, 2.75) is 6.92 Å². The summed E-state index contributed by atoms with van der Waals surface area (Å²) in [6.45, 7) is 1.81. The Balaban J connectivity index is 2.90. The summed E-state index contributed by atoms with van der Waals surface area (Å²) in [7, 11) is 0. The molecule has 2 heterocycles. The molecule has 0 aromatic carbocycles. The molecule has 0 atom stereocenters. The minimum Gasteiger partial charge on any atom is -0.301 e. The van der Waals surface area contributed by atoms with E-state index in [1.807, 2.05) is 6.92 Å². The Morgan fingerprint density at radius 1 is 1.55 bits per heavy atom. The minimum atomic E-state index is -0.527. The largest absolute Gasteiger partial charge is 0.301 e. The van der Waals surface area contributed by atoms with Crippen molar-refractivity contribution in [3.63, 3.8) is 0 Å². The number of aryl methyl sites for hydroxylation is 1. The van der Waals surface area contributed by atoms with Gasteiger partial charge in [0.05, 0.1) is 5.69 Å². The lowest BCUT2D eigenvalue weighted by atomic mass is 10.6. The van der Waals surface area contributed by atoms with Crippen molar-refractivity contribution in [2.75, 3.05) is 0 Å². The lowest BCUT2D eigenvalue weighted by molar-refractivity contribution is 0.585. The van der Waals surface area contributed by atoms with Gasteiger partial charge in [0.1, 0.15) is 0 Å². The van der Waals surface area contributed by atoms with E-state index < -0.39 is 5.95 Å². The summed E-state index contributed by atoms with van der Waals surface area (Å²) in [6.07, 6.45) is 4.82. The summed E-state index contributed by atoms with van der Waals surface area (Å²) in [5, 5.41) is 0. The fourth-order valence-corrected chi connectivity index (χ4v) is 1.01. The van der Waals surface area contributed by atoms with E-state index in [2.05, 4.69) is 9.97 Å². The Bertz CT molecular complexity index is 393. The van der Waals surface area contributed by atoms with Crippen LogP contribution in [0.3, 0.4) is 0 Å². The summed E-state index contributed by atoms with van der Waals surface area (Å²) in [6, 6.07) is 0. The maximum absolute atomic E-state index is 12.8. The monoisotopic (exact) mass is 151 g/mol. The highest BCUT2D eigenvalue weighted by atomic mass is 19.1. The van der Waals surface area contributed by atoms with Crippen molar-refractivity contribution in [1.82, 2.24) is 14.4 Å². The molecule has 0 aliphatic carbocycles. The molecule has 0 saturated carbocycles. The number of aromatic nitrogens is 3. The molecule has 0 N–H and O–H groups in total. The smallest absolute Gasteiger partial charge is 0.256 e. The van der Waals surface area contributed by atoms with Gasteiger partial charge < -0.3 is 4.40 Å². The lowest BCUT2D eigenvalue weighted by Gasteiger charge is -1.89. The normalized spacial score (nSPS) is 10.7. The van der Waals surface area contributed by atoms with E-state index in [-0.39, 0.29) is 5.65 Å². The molecule has 2 aromatic rings. The summed E-state index contributed by atoms with van der Waals surface area (Å²) in [5.74, 6) is -0.527. The Morgan fingerprint density at radius 2 is 2.36 bits per heavy atom. The molecular formula is C7H6FN3. The first kappa shape index (κ1) is 6.27. The molecule has 0 amide bonds. The van der Waals surface area contributed by atoms with Crippen LogP contribution in [0.4, 0.5) is 4.39 Å². The zero-order valence-electron chi connectivity index (χ0n) is 5.95. The molecule has 0 aliphatic rings. The van der Waals surface area contributed by atoms with Gasteiger partial charge in [0.25, 0.3) is 5.95 Å². The molecule has 0 radical (unpaired) electrons. The van der Waals surface area contributed by atoms with Gasteiger partial charge in [-0.25, -0.2) is 9.97 Å². The average Bonchev–Trinajstić information content (AvgIpc) is 2.31. The van der Waals surface area contributed by atoms with Gasteiger partial charge in [0.15, 0.2) is 5.65 Å². The second-order valence-electron chi connectivity index (χ2n) is 2.33. The number of rotatable bonds is 0. The van der Waals surface area contributed by atoms with Crippen LogP contribution in [0.15, 0.2) is 18.6 Å². The first-order valence-corrected chi connectivity index (χ1v) is 3.23. The van der Waals surface area contributed by atoms with Crippen LogP contribution in [0.25, 0.3) is 5.65 Å². The molecule has 0 aliphatic heterocycles. The van der Waals surface area contributed by atoms with Crippen molar-refractivity contribution < 1.29 is 4.39 Å². The Kier molecular flexibility index (Phi) is 1.15. The fraction of sp³-hybridized carbons (Fsp3) is 0.143. The fourth-order valence-electron chi connectivity index (χ4n) is 1.01. The van der Waals surface area contributed by atoms with Crippen LogP contribution in [0.1, 0.15) is 5.69 Å². The third-order valence-electron chi connectivity index (χ3n) is 1.45. The Labute approximate surface area is 62.5 Å². The van der Waals surface area contributed by atoms with E-state index in [1.54, 1.807) is 16.8 Å². The molecule has 4 heteroatoms. The number of fused-ring (bicyclic) bond motifs is 1. The van der Waals surface area contributed by atoms with Crippen LogP contribution in [0, 0.1) is 12.9 Å². The Hall–Kier alpha value is -1.45. The summed E-state index contributed by atoms with van der Waals surface area (Å²) in [4.78, 5) is 7.41. The maximum atomic E-state index is 12.8. The van der Waals surface area contributed by atoms with Gasteiger partial charge >= 0.3 is 0 Å². The summed E-state index contributed by atoms with van der Waals surface area (Å²) >= 11 is 0. The number of nitrogens with zero attached hydrogens (tertiary/aromatic N) is 3. The lowest BCUT2D eigenvalue weighted by Crippen LogP contribution is -1.89. The van der Waals surface area contributed by atoms with Crippen LogP contribution in [-0.2, 0) is 0 Å². The maximum Gasteiger partial charge on any atom is 0.256 e. The molecule has 2 rings (SSSR count). The molecule has 0 fully saturated rings. The highest BCUT2D eigenvalue weighted by Gasteiger charge is 2.02. The van der Waals surface area contributed by atoms with Crippen LogP contribution >= 0.6 is 0 Å². The van der Waals surface area contributed by atoms with E-state index in [0.29, 0.717) is 0 Å². The van der Waals surface area contributed by atoms with Crippen LogP contribution in [0.2, 0.25) is 0 Å². The molecule has 56 valence electrons. The molecule has 0 spiro atoms. The van der Waals surface area contributed by atoms with Gasteiger partial charge in [0, 0.05) is 18.6 Å². The van der Waals surface area contributed by atoms with E-state index in [9.17, 15) is 4.39 Å². The standard InChI is InChI=1S/C7H6FN3/c1-5-4-11-3-2-9-6(8)7(11)10-5/h2-4H,1H3. The second kappa shape index (κ2) is 2.02. The number of halogens is 1. The van der Waals surface area contributed by atoms with Crippen LogP contribution in [0.5, 0.6) is 0 Å². The Morgan fingerprint density at radius 3 is 3.09 bits per heavy atom. The van der Waals surface area contributed by atoms with Crippen molar-refractivity contribution >= 4 is 5.65 Å². The van der Waals surface area contributed by atoms with Crippen LogP contribution in [-0.4, -0.2) is 14.4 Å². The number of imidazole rings is 1. The van der Waals surface area contributed by atoms with Gasteiger partial charge in [-0.1, -0.05) is 0 Å². The van der Waals surface area contributed by atoms with E-state index in [1.165, 1.54) is 6.20 Å². The van der Waals surface area contributed by atoms with Crippen molar-refractivity contribution in [3.8, 4) is 0 Å². The highest BCUT2D eigenvalue weighted by molar-refractivity contribution is 5.37. The average molecular weight is 151 g/mol. The van der Waals surface area contributed by atoms with E-state index >= 15 is 0 Å². The molecule has 11 heavy (non-hydrogen) atoms. The summed E-state index contributed by atoms with van der Waals surface area (Å²) in [5.41, 5.74) is 1.07. The SMILES string of the molecule is Cc1cn2ccnc(F)c2n1.